The molecule has 1 N–H and O–H groups in total. The molecule has 0 spiro atoms. The summed E-state index contributed by atoms with van der Waals surface area (Å²) in [7, 11) is -3.02. The monoisotopic (exact) mass is 377 g/mol. The van der Waals surface area contributed by atoms with Crippen LogP contribution in [-0.2, 0) is 21.2 Å². The molecule has 1 aromatic heterocycles. The SMILES string of the molecule is CC(C)Cn1c(O)c(N=NC(=O)C[C@@H]2CCS(=O)(=O)C2)c2ccccc21. The highest BCUT2D eigenvalue weighted by molar-refractivity contribution is 7.91. The molecule has 3 rings (SSSR count). The lowest BCUT2D eigenvalue weighted by Gasteiger charge is -2.09. The molecular weight excluding hydrogens is 354 g/mol. The Balaban J connectivity index is 1.83. The van der Waals surface area contributed by atoms with E-state index in [0.717, 1.165) is 10.9 Å². The van der Waals surface area contributed by atoms with Crippen molar-refractivity contribution in [2.45, 2.75) is 33.2 Å². The highest BCUT2D eigenvalue weighted by Crippen LogP contribution is 2.39. The van der Waals surface area contributed by atoms with E-state index in [1.807, 2.05) is 24.3 Å². The van der Waals surface area contributed by atoms with Gasteiger partial charge in [0.15, 0.2) is 15.5 Å². The van der Waals surface area contributed by atoms with Gasteiger partial charge in [0.1, 0.15) is 0 Å². The molecule has 0 unspecified atom stereocenters. The summed E-state index contributed by atoms with van der Waals surface area (Å²) in [5.74, 6) is -0.180. The third-order valence-electron chi connectivity index (χ3n) is 4.52. The van der Waals surface area contributed by atoms with Gasteiger partial charge in [-0.1, -0.05) is 32.0 Å². The number of nitrogens with zero attached hydrogens (tertiary/aromatic N) is 3. The summed E-state index contributed by atoms with van der Waals surface area (Å²) in [6.07, 6.45) is 0.552. The molecule has 140 valence electrons. The maximum absolute atomic E-state index is 12.1. The van der Waals surface area contributed by atoms with E-state index < -0.39 is 15.7 Å². The van der Waals surface area contributed by atoms with E-state index in [1.165, 1.54) is 0 Å². The molecule has 0 saturated carbocycles. The van der Waals surface area contributed by atoms with Gasteiger partial charge in [0.05, 0.1) is 17.0 Å². The normalized spacial score (nSPS) is 19.7. The van der Waals surface area contributed by atoms with E-state index in [0.29, 0.717) is 18.9 Å². The van der Waals surface area contributed by atoms with E-state index in [2.05, 4.69) is 24.1 Å². The highest BCUT2D eigenvalue weighted by atomic mass is 32.2. The van der Waals surface area contributed by atoms with E-state index in [-0.39, 0.29) is 35.4 Å². The predicted octanol–water partition coefficient (Wildman–Crippen LogP) is 3.44. The maximum Gasteiger partial charge on any atom is 0.265 e. The third-order valence-corrected chi connectivity index (χ3v) is 6.35. The predicted molar refractivity (Wildman–Crippen MR) is 99.3 cm³/mol. The van der Waals surface area contributed by atoms with Crippen molar-refractivity contribution in [3.05, 3.63) is 24.3 Å². The Morgan fingerprint density at radius 2 is 2.08 bits per heavy atom. The first-order chi connectivity index (χ1) is 12.3. The van der Waals surface area contributed by atoms with Gasteiger partial charge in [-0.15, -0.1) is 10.2 Å². The number of aromatic hydroxyl groups is 1. The van der Waals surface area contributed by atoms with Crippen LogP contribution in [0.5, 0.6) is 5.88 Å². The molecule has 7 nitrogen and oxygen atoms in total. The molecule has 1 aliphatic heterocycles. The largest absolute Gasteiger partial charge is 0.493 e. The summed E-state index contributed by atoms with van der Waals surface area (Å²) in [6.45, 7) is 4.72. The Kier molecular flexibility index (Phi) is 5.13. The molecule has 2 aromatic rings. The van der Waals surface area contributed by atoms with Gasteiger partial charge in [0, 0.05) is 18.4 Å². The second-order valence-corrected chi connectivity index (χ2v) is 9.49. The minimum absolute atomic E-state index is 0.0140. The Labute approximate surface area is 152 Å². The summed E-state index contributed by atoms with van der Waals surface area (Å²) in [5.41, 5.74) is 1.11. The number of fused-ring (bicyclic) bond motifs is 1. The Hall–Kier alpha value is -2.22. The minimum atomic E-state index is -3.02. The molecule has 1 atom stereocenters. The number of hydrogen-bond acceptors (Lipinski definition) is 5. The van der Waals surface area contributed by atoms with Crippen molar-refractivity contribution in [1.82, 2.24) is 4.57 Å². The minimum Gasteiger partial charge on any atom is -0.493 e. The van der Waals surface area contributed by atoms with Gasteiger partial charge < -0.3 is 9.67 Å². The fourth-order valence-corrected chi connectivity index (χ4v) is 5.21. The molecule has 0 bridgehead atoms. The number of sulfone groups is 1. The van der Waals surface area contributed by atoms with Crippen LogP contribution in [0.25, 0.3) is 10.9 Å². The van der Waals surface area contributed by atoms with Crippen molar-refractivity contribution in [2.24, 2.45) is 22.1 Å². The first-order valence-electron chi connectivity index (χ1n) is 8.72. The number of rotatable bonds is 5. The molecule has 8 heteroatoms. The summed E-state index contributed by atoms with van der Waals surface area (Å²) >= 11 is 0. The van der Waals surface area contributed by atoms with Crippen molar-refractivity contribution in [1.29, 1.82) is 0 Å². The Morgan fingerprint density at radius 1 is 1.35 bits per heavy atom. The smallest absolute Gasteiger partial charge is 0.265 e. The number of hydrogen-bond donors (Lipinski definition) is 1. The number of azo groups is 1. The molecular formula is C18H23N3O4S. The van der Waals surface area contributed by atoms with Crippen molar-refractivity contribution in [2.75, 3.05) is 11.5 Å². The van der Waals surface area contributed by atoms with E-state index in [1.54, 1.807) is 4.57 Å². The first kappa shape index (κ1) is 18.6. The first-order valence-corrected chi connectivity index (χ1v) is 10.5. The van der Waals surface area contributed by atoms with Gasteiger partial charge in [-0.3, -0.25) is 4.79 Å². The lowest BCUT2D eigenvalue weighted by Crippen LogP contribution is -2.08. The molecule has 26 heavy (non-hydrogen) atoms. The van der Waals surface area contributed by atoms with Crippen LogP contribution in [0, 0.1) is 11.8 Å². The zero-order valence-corrected chi connectivity index (χ0v) is 15.7. The van der Waals surface area contributed by atoms with Gasteiger partial charge in [-0.05, 0) is 24.3 Å². The lowest BCUT2D eigenvalue weighted by molar-refractivity contribution is -0.119. The van der Waals surface area contributed by atoms with Gasteiger partial charge in [0.25, 0.3) is 5.91 Å². The van der Waals surface area contributed by atoms with Crippen LogP contribution in [0.1, 0.15) is 26.7 Å². The van der Waals surface area contributed by atoms with Crippen LogP contribution in [0.15, 0.2) is 34.5 Å². The van der Waals surface area contributed by atoms with Crippen molar-refractivity contribution in [3.8, 4) is 5.88 Å². The topological polar surface area (TPSA) is 101 Å². The van der Waals surface area contributed by atoms with Crippen molar-refractivity contribution >= 4 is 32.3 Å². The summed E-state index contributed by atoms with van der Waals surface area (Å²) < 4.78 is 24.7. The summed E-state index contributed by atoms with van der Waals surface area (Å²) in [6, 6.07) is 7.44. The highest BCUT2D eigenvalue weighted by Gasteiger charge is 2.29. The maximum atomic E-state index is 12.1. The number of carbonyl (C=O) groups excluding carboxylic acids is 1. The quantitative estimate of drug-likeness (QED) is 0.806. The van der Waals surface area contributed by atoms with Gasteiger partial charge >= 0.3 is 0 Å². The van der Waals surface area contributed by atoms with Crippen LogP contribution in [0.3, 0.4) is 0 Å². The van der Waals surface area contributed by atoms with E-state index in [4.69, 9.17) is 0 Å². The lowest BCUT2D eigenvalue weighted by atomic mass is 10.1. The van der Waals surface area contributed by atoms with E-state index in [9.17, 15) is 18.3 Å². The number of amides is 1. The average molecular weight is 377 g/mol. The number of para-hydroxylation sites is 1. The van der Waals surface area contributed by atoms with Gasteiger partial charge in [-0.25, -0.2) is 8.42 Å². The molecule has 0 aliphatic carbocycles. The van der Waals surface area contributed by atoms with Crippen LogP contribution < -0.4 is 0 Å². The summed E-state index contributed by atoms with van der Waals surface area (Å²) in [4.78, 5) is 12.1. The number of benzene rings is 1. The molecule has 1 amide bonds. The average Bonchev–Trinajstić information content (AvgIpc) is 3.03. The van der Waals surface area contributed by atoms with Gasteiger partial charge in [-0.2, -0.15) is 0 Å². The van der Waals surface area contributed by atoms with E-state index >= 15 is 0 Å². The van der Waals surface area contributed by atoms with Crippen molar-refractivity contribution < 1.29 is 18.3 Å². The standard InChI is InChI=1S/C18H23N3O4S/c1-12(2)10-21-15-6-4-3-5-14(15)17(18(21)23)20-19-16(22)9-13-7-8-26(24,25)11-13/h3-6,12-13,23H,7-11H2,1-2H3/t13-/m0/s1. The second-order valence-electron chi connectivity index (χ2n) is 7.26. The van der Waals surface area contributed by atoms with Crippen LogP contribution in [-0.4, -0.2) is 35.5 Å². The fourth-order valence-electron chi connectivity index (χ4n) is 3.35. The number of aromatic nitrogens is 1. The zero-order chi connectivity index (χ0) is 18.9. The van der Waals surface area contributed by atoms with Crippen LogP contribution >= 0.6 is 0 Å². The number of carbonyl (C=O) groups is 1. The molecule has 0 radical (unpaired) electrons. The fraction of sp³-hybridized carbons (Fsp3) is 0.500. The van der Waals surface area contributed by atoms with Crippen molar-refractivity contribution in [3.63, 3.8) is 0 Å². The summed E-state index contributed by atoms with van der Waals surface area (Å²) in [5, 5.41) is 19.0. The molecule has 1 fully saturated rings. The Bertz CT molecular complexity index is 960. The van der Waals surface area contributed by atoms with Gasteiger partial charge in [0.2, 0.25) is 5.88 Å². The zero-order valence-electron chi connectivity index (χ0n) is 14.9. The van der Waals surface area contributed by atoms with Crippen LogP contribution in [0.4, 0.5) is 5.69 Å². The third kappa shape index (κ3) is 3.95. The molecule has 1 saturated heterocycles. The second kappa shape index (κ2) is 7.19. The molecule has 2 heterocycles. The molecule has 1 aliphatic rings. The molecule has 1 aromatic carbocycles. The van der Waals surface area contributed by atoms with Crippen LogP contribution in [0.2, 0.25) is 0 Å². The Morgan fingerprint density at radius 3 is 2.73 bits per heavy atom.